The zero-order chi connectivity index (χ0) is 19.6. The first-order chi connectivity index (χ1) is 13.1. The van der Waals surface area contributed by atoms with Crippen LogP contribution in [0, 0.1) is 6.92 Å². The Hall–Kier alpha value is -2.34. The molecule has 0 aliphatic heterocycles. The predicted molar refractivity (Wildman–Crippen MR) is 109 cm³/mol. The number of guanidine groups is 1. The van der Waals surface area contributed by atoms with Gasteiger partial charge in [0.05, 0.1) is 11.8 Å². The molecule has 1 atom stereocenters. The number of rotatable bonds is 9. The van der Waals surface area contributed by atoms with Crippen molar-refractivity contribution in [3.63, 3.8) is 0 Å². The van der Waals surface area contributed by atoms with Gasteiger partial charge >= 0.3 is 0 Å². The number of hydrogen-bond donors (Lipinski definition) is 3. The van der Waals surface area contributed by atoms with Crippen molar-refractivity contribution in [3.8, 4) is 0 Å². The van der Waals surface area contributed by atoms with Gasteiger partial charge in [0, 0.05) is 25.1 Å². The molecule has 27 heavy (non-hydrogen) atoms. The number of aromatic nitrogens is 1. The highest BCUT2D eigenvalue weighted by molar-refractivity contribution is 5.79. The van der Waals surface area contributed by atoms with Crippen LogP contribution in [0.15, 0.2) is 39.8 Å². The molecular formula is C21H32N4O2. The Bertz CT molecular complexity index is 705. The van der Waals surface area contributed by atoms with E-state index < -0.39 is 6.10 Å². The van der Waals surface area contributed by atoms with Crippen LogP contribution in [0.2, 0.25) is 0 Å². The largest absolute Gasteiger partial charge is 0.387 e. The van der Waals surface area contributed by atoms with Gasteiger partial charge in [-0.1, -0.05) is 48.8 Å². The van der Waals surface area contributed by atoms with Gasteiger partial charge in [-0.15, -0.1) is 0 Å². The van der Waals surface area contributed by atoms with Gasteiger partial charge in [-0.2, -0.15) is 0 Å². The number of aliphatic imine (C=N–C) groups is 1. The third-order valence-electron chi connectivity index (χ3n) is 4.64. The van der Waals surface area contributed by atoms with E-state index in [1.54, 1.807) is 0 Å². The lowest BCUT2D eigenvalue weighted by atomic mass is 9.99. The number of aliphatic hydroxyl groups is 1. The highest BCUT2D eigenvalue weighted by Gasteiger charge is 2.13. The van der Waals surface area contributed by atoms with Crippen LogP contribution in [0.3, 0.4) is 0 Å². The molecule has 0 aliphatic carbocycles. The van der Waals surface area contributed by atoms with Crippen molar-refractivity contribution >= 4 is 5.96 Å². The van der Waals surface area contributed by atoms with Crippen LogP contribution in [-0.2, 0) is 6.54 Å². The summed E-state index contributed by atoms with van der Waals surface area (Å²) in [6.45, 7) is 9.88. The molecule has 2 aromatic rings. The Morgan fingerprint density at radius 3 is 2.48 bits per heavy atom. The molecule has 2 rings (SSSR count). The zero-order valence-corrected chi connectivity index (χ0v) is 16.8. The molecule has 0 aliphatic rings. The SMILES string of the molecule is CCNC(=NCc1cc(C(CC)CC)no1)NCC(O)c1ccc(C)cc1. The van der Waals surface area contributed by atoms with Gasteiger partial charge in [0.1, 0.15) is 6.54 Å². The highest BCUT2D eigenvalue weighted by Crippen LogP contribution is 2.22. The Labute approximate surface area is 162 Å². The summed E-state index contributed by atoms with van der Waals surface area (Å²) in [5.41, 5.74) is 3.06. The maximum absolute atomic E-state index is 10.4. The van der Waals surface area contributed by atoms with E-state index in [9.17, 15) is 5.11 Å². The van der Waals surface area contributed by atoms with Gasteiger partial charge in [-0.3, -0.25) is 0 Å². The maximum atomic E-state index is 10.4. The average molecular weight is 373 g/mol. The summed E-state index contributed by atoms with van der Waals surface area (Å²) >= 11 is 0. The molecule has 0 fully saturated rings. The van der Waals surface area contributed by atoms with Gasteiger partial charge in [-0.05, 0) is 32.3 Å². The van der Waals surface area contributed by atoms with Crippen LogP contribution >= 0.6 is 0 Å². The predicted octanol–water partition coefficient (Wildman–Crippen LogP) is 3.68. The molecule has 1 aromatic carbocycles. The molecule has 0 amide bonds. The first-order valence-electron chi connectivity index (χ1n) is 9.79. The van der Waals surface area contributed by atoms with Crippen molar-refractivity contribution < 1.29 is 9.63 Å². The van der Waals surface area contributed by atoms with Crippen LogP contribution in [0.25, 0.3) is 0 Å². The van der Waals surface area contributed by atoms with E-state index in [-0.39, 0.29) is 0 Å². The van der Waals surface area contributed by atoms with E-state index in [4.69, 9.17) is 4.52 Å². The van der Waals surface area contributed by atoms with Gasteiger partial charge in [-0.25, -0.2) is 4.99 Å². The molecule has 148 valence electrons. The molecule has 3 N–H and O–H groups in total. The molecule has 0 radical (unpaired) electrons. The third kappa shape index (κ3) is 6.40. The van der Waals surface area contributed by atoms with Crippen LogP contribution in [0.4, 0.5) is 0 Å². The van der Waals surface area contributed by atoms with Gasteiger partial charge in [0.15, 0.2) is 11.7 Å². The Balaban J connectivity index is 1.94. The monoisotopic (exact) mass is 372 g/mol. The summed E-state index contributed by atoms with van der Waals surface area (Å²) in [6.07, 6.45) is 1.50. The van der Waals surface area contributed by atoms with E-state index in [0.717, 1.165) is 36.4 Å². The summed E-state index contributed by atoms with van der Waals surface area (Å²) in [5.74, 6) is 1.82. The first-order valence-corrected chi connectivity index (χ1v) is 9.79. The smallest absolute Gasteiger partial charge is 0.191 e. The topological polar surface area (TPSA) is 82.7 Å². The molecule has 0 saturated heterocycles. The molecule has 1 aromatic heterocycles. The normalized spacial score (nSPS) is 13.0. The number of hydrogen-bond acceptors (Lipinski definition) is 4. The number of aryl methyl sites for hydroxylation is 1. The number of nitrogens with zero attached hydrogens (tertiary/aromatic N) is 2. The van der Waals surface area contributed by atoms with Crippen molar-refractivity contribution in [2.45, 2.75) is 59.1 Å². The number of aliphatic hydroxyl groups excluding tert-OH is 1. The lowest BCUT2D eigenvalue weighted by molar-refractivity contribution is 0.181. The van der Waals surface area contributed by atoms with Crippen LogP contribution in [-0.4, -0.2) is 29.3 Å². The van der Waals surface area contributed by atoms with E-state index in [1.807, 2.05) is 44.2 Å². The van der Waals surface area contributed by atoms with Crippen LogP contribution in [0.5, 0.6) is 0 Å². The minimum Gasteiger partial charge on any atom is -0.387 e. The lowest BCUT2D eigenvalue weighted by Gasteiger charge is -2.15. The summed E-state index contributed by atoms with van der Waals surface area (Å²) in [7, 11) is 0. The van der Waals surface area contributed by atoms with Gasteiger partial charge in [0.2, 0.25) is 0 Å². The molecule has 0 bridgehead atoms. The van der Waals surface area contributed by atoms with Gasteiger partial charge < -0.3 is 20.3 Å². The Morgan fingerprint density at radius 1 is 1.15 bits per heavy atom. The molecule has 0 saturated carbocycles. The van der Waals surface area contributed by atoms with Crippen molar-refractivity contribution in [2.75, 3.05) is 13.1 Å². The van der Waals surface area contributed by atoms with E-state index in [2.05, 4.69) is 34.6 Å². The number of benzene rings is 1. The van der Waals surface area contributed by atoms with Gasteiger partial charge in [0.25, 0.3) is 0 Å². The fourth-order valence-electron chi connectivity index (χ4n) is 2.90. The summed E-state index contributed by atoms with van der Waals surface area (Å²) < 4.78 is 5.42. The summed E-state index contributed by atoms with van der Waals surface area (Å²) in [6, 6.07) is 9.88. The Morgan fingerprint density at radius 2 is 1.85 bits per heavy atom. The second kappa shape index (κ2) is 10.7. The fourth-order valence-corrected chi connectivity index (χ4v) is 2.90. The fraction of sp³-hybridized carbons (Fsp3) is 0.524. The maximum Gasteiger partial charge on any atom is 0.191 e. The standard InChI is InChI=1S/C21H32N4O2/c1-5-16(6-2)19-12-18(27-25-19)13-23-21(22-7-3)24-14-20(26)17-10-8-15(4)9-11-17/h8-12,16,20,26H,5-7,13-14H2,1-4H3,(H2,22,23,24). The van der Waals surface area contributed by atoms with Crippen LogP contribution in [0.1, 0.15) is 68.2 Å². The molecule has 0 spiro atoms. The van der Waals surface area contributed by atoms with Crippen molar-refractivity contribution in [1.82, 2.24) is 15.8 Å². The highest BCUT2D eigenvalue weighted by atomic mass is 16.5. The van der Waals surface area contributed by atoms with E-state index >= 15 is 0 Å². The van der Waals surface area contributed by atoms with Crippen molar-refractivity contribution in [3.05, 3.63) is 52.9 Å². The second-order valence-electron chi connectivity index (χ2n) is 6.73. The molecule has 6 nitrogen and oxygen atoms in total. The zero-order valence-electron chi connectivity index (χ0n) is 16.8. The third-order valence-corrected chi connectivity index (χ3v) is 4.64. The molecular weight excluding hydrogens is 340 g/mol. The molecule has 1 heterocycles. The minimum atomic E-state index is -0.596. The summed E-state index contributed by atoms with van der Waals surface area (Å²) in [4.78, 5) is 4.54. The first kappa shape index (κ1) is 21.0. The van der Waals surface area contributed by atoms with E-state index in [0.29, 0.717) is 25.0 Å². The summed E-state index contributed by atoms with van der Waals surface area (Å²) in [5, 5.41) is 20.9. The molecule has 6 heteroatoms. The quantitative estimate of drug-likeness (QED) is 0.462. The van der Waals surface area contributed by atoms with Crippen molar-refractivity contribution in [2.24, 2.45) is 4.99 Å². The van der Waals surface area contributed by atoms with Crippen molar-refractivity contribution in [1.29, 1.82) is 0 Å². The van der Waals surface area contributed by atoms with Crippen LogP contribution < -0.4 is 10.6 Å². The number of nitrogens with one attached hydrogen (secondary N) is 2. The second-order valence-corrected chi connectivity index (χ2v) is 6.73. The minimum absolute atomic E-state index is 0.379. The Kier molecular flexibility index (Phi) is 8.33. The average Bonchev–Trinajstić information content (AvgIpc) is 3.14. The lowest BCUT2D eigenvalue weighted by Crippen LogP contribution is -2.39. The van der Waals surface area contributed by atoms with E-state index in [1.165, 1.54) is 5.56 Å². The molecule has 1 unspecified atom stereocenters.